The topological polar surface area (TPSA) is 99.8 Å². The van der Waals surface area contributed by atoms with Crippen LogP contribution in [-0.4, -0.2) is 51.5 Å². The number of hydrogen-bond acceptors (Lipinski definition) is 3. The highest BCUT2D eigenvalue weighted by Crippen LogP contribution is 2.15. The van der Waals surface area contributed by atoms with Crippen LogP contribution in [0.5, 0.6) is 0 Å². The molecule has 0 spiro atoms. The van der Waals surface area contributed by atoms with Gasteiger partial charge in [0.05, 0.1) is 6.54 Å². The van der Waals surface area contributed by atoms with Crippen LogP contribution in [0, 0.1) is 5.92 Å². The molecule has 1 rings (SSSR count). The Bertz CT molecular complexity index is 414. The zero-order valence-corrected chi connectivity index (χ0v) is 13.4. The third-order valence-corrected chi connectivity index (χ3v) is 4.54. The normalized spacial score (nSPS) is 18.8. The standard InChI is InChI=1S/C12H27N5O2S/c1-10(2)16-20(18,19)15-7-6-14-12(13)17-8-4-11(3)5-9-17/h10-11,15-16H,4-9H2,1-3H3,(H2,13,14). The van der Waals surface area contributed by atoms with Gasteiger partial charge in [-0.05, 0) is 32.6 Å². The van der Waals surface area contributed by atoms with E-state index in [1.54, 1.807) is 13.8 Å². The molecule has 1 heterocycles. The van der Waals surface area contributed by atoms with Crippen LogP contribution in [0.25, 0.3) is 0 Å². The van der Waals surface area contributed by atoms with Gasteiger partial charge >= 0.3 is 0 Å². The Morgan fingerprint density at radius 3 is 2.55 bits per heavy atom. The van der Waals surface area contributed by atoms with Gasteiger partial charge in [-0.1, -0.05) is 6.92 Å². The van der Waals surface area contributed by atoms with Crippen molar-refractivity contribution in [3.05, 3.63) is 0 Å². The lowest BCUT2D eigenvalue weighted by Gasteiger charge is -2.31. The summed E-state index contributed by atoms with van der Waals surface area (Å²) in [7, 11) is -3.43. The predicted octanol–water partition coefficient (Wildman–Crippen LogP) is -0.135. The molecule has 0 saturated carbocycles. The van der Waals surface area contributed by atoms with Gasteiger partial charge in [-0.15, -0.1) is 0 Å². The largest absolute Gasteiger partial charge is 0.370 e. The number of likely N-dealkylation sites (tertiary alicyclic amines) is 1. The van der Waals surface area contributed by atoms with Crippen molar-refractivity contribution in [1.29, 1.82) is 0 Å². The van der Waals surface area contributed by atoms with Gasteiger partial charge < -0.3 is 10.6 Å². The highest BCUT2D eigenvalue weighted by Gasteiger charge is 2.16. The van der Waals surface area contributed by atoms with E-state index in [1.807, 2.05) is 0 Å². The SMILES string of the molecule is CC1CCN(C(N)=NCCNS(=O)(=O)NC(C)C)CC1. The monoisotopic (exact) mass is 305 g/mol. The first kappa shape index (κ1) is 17.2. The van der Waals surface area contributed by atoms with E-state index in [0.29, 0.717) is 12.5 Å². The lowest BCUT2D eigenvalue weighted by atomic mass is 10.00. The Morgan fingerprint density at radius 1 is 1.40 bits per heavy atom. The van der Waals surface area contributed by atoms with Crippen molar-refractivity contribution in [2.24, 2.45) is 16.6 Å². The maximum Gasteiger partial charge on any atom is 0.277 e. The highest BCUT2D eigenvalue weighted by molar-refractivity contribution is 7.87. The van der Waals surface area contributed by atoms with Gasteiger partial charge in [-0.3, -0.25) is 4.99 Å². The Hall–Kier alpha value is -0.860. The summed E-state index contributed by atoms with van der Waals surface area (Å²) in [6.07, 6.45) is 2.25. The fourth-order valence-electron chi connectivity index (χ4n) is 2.04. The summed E-state index contributed by atoms with van der Waals surface area (Å²) in [5.74, 6) is 1.25. The molecule has 0 unspecified atom stereocenters. The lowest BCUT2D eigenvalue weighted by Crippen LogP contribution is -2.43. The molecule has 0 aliphatic carbocycles. The van der Waals surface area contributed by atoms with Crippen LogP contribution in [0.2, 0.25) is 0 Å². The van der Waals surface area contributed by atoms with Crippen molar-refractivity contribution in [2.45, 2.75) is 39.7 Å². The van der Waals surface area contributed by atoms with Crippen LogP contribution in [0.4, 0.5) is 0 Å². The van der Waals surface area contributed by atoms with Crippen LogP contribution >= 0.6 is 0 Å². The molecule has 0 radical (unpaired) electrons. The summed E-state index contributed by atoms with van der Waals surface area (Å²) < 4.78 is 27.9. The quantitative estimate of drug-likeness (QED) is 0.361. The zero-order chi connectivity index (χ0) is 15.2. The van der Waals surface area contributed by atoms with Crippen LogP contribution < -0.4 is 15.2 Å². The zero-order valence-electron chi connectivity index (χ0n) is 12.6. The van der Waals surface area contributed by atoms with Gasteiger partial charge in [0.25, 0.3) is 10.2 Å². The van der Waals surface area contributed by atoms with Crippen molar-refractivity contribution in [3.63, 3.8) is 0 Å². The molecule has 1 saturated heterocycles. The van der Waals surface area contributed by atoms with E-state index in [9.17, 15) is 8.42 Å². The first-order valence-corrected chi connectivity index (χ1v) is 8.60. The van der Waals surface area contributed by atoms with E-state index < -0.39 is 10.2 Å². The molecule has 0 aromatic carbocycles. The highest BCUT2D eigenvalue weighted by atomic mass is 32.2. The molecule has 8 heteroatoms. The van der Waals surface area contributed by atoms with E-state index >= 15 is 0 Å². The molecule has 0 bridgehead atoms. The molecule has 118 valence electrons. The summed E-state index contributed by atoms with van der Waals surface area (Å²) in [4.78, 5) is 6.28. The van der Waals surface area contributed by atoms with E-state index in [1.165, 1.54) is 0 Å². The van der Waals surface area contributed by atoms with Crippen molar-refractivity contribution < 1.29 is 8.42 Å². The number of aliphatic imine (C=N–C) groups is 1. The third kappa shape index (κ3) is 6.53. The molecule has 0 aromatic rings. The lowest BCUT2D eigenvalue weighted by molar-refractivity contribution is 0.277. The molecule has 1 aliphatic heterocycles. The third-order valence-electron chi connectivity index (χ3n) is 3.18. The van der Waals surface area contributed by atoms with E-state index in [4.69, 9.17) is 5.73 Å². The van der Waals surface area contributed by atoms with E-state index in [0.717, 1.165) is 31.8 Å². The number of nitrogens with zero attached hydrogens (tertiary/aromatic N) is 2. The smallest absolute Gasteiger partial charge is 0.277 e. The molecule has 0 aromatic heterocycles. The fourth-order valence-corrected chi connectivity index (χ4v) is 3.10. The van der Waals surface area contributed by atoms with Gasteiger partial charge in [0.15, 0.2) is 5.96 Å². The second-order valence-corrected chi connectivity index (χ2v) is 7.11. The summed E-state index contributed by atoms with van der Waals surface area (Å²) in [5.41, 5.74) is 5.91. The molecule has 0 atom stereocenters. The van der Waals surface area contributed by atoms with Crippen molar-refractivity contribution in [1.82, 2.24) is 14.3 Å². The molecule has 20 heavy (non-hydrogen) atoms. The van der Waals surface area contributed by atoms with Gasteiger partial charge in [0, 0.05) is 25.7 Å². The maximum atomic E-state index is 11.5. The van der Waals surface area contributed by atoms with Crippen molar-refractivity contribution in [2.75, 3.05) is 26.2 Å². The minimum Gasteiger partial charge on any atom is -0.370 e. The van der Waals surface area contributed by atoms with Crippen LogP contribution in [0.15, 0.2) is 4.99 Å². The minimum absolute atomic E-state index is 0.128. The maximum absolute atomic E-state index is 11.5. The van der Waals surface area contributed by atoms with E-state index in [-0.39, 0.29) is 12.6 Å². The van der Waals surface area contributed by atoms with Crippen LogP contribution in [0.1, 0.15) is 33.6 Å². The number of rotatable bonds is 6. The fraction of sp³-hybridized carbons (Fsp3) is 0.917. The summed E-state index contributed by atoms with van der Waals surface area (Å²) in [6.45, 7) is 8.22. The molecule has 4 N–H and O–H groups in total. The number of hydrogen-bond donors (Lipinski definition) is 3. The molecule has 7 nitrogen and oxygen atoms in total. The van der Waals surface area contributed by atoms with E-state index in [2.05, 4.69) is 26.3 Å². The van der Waals surface area contributed by atoms with Crippen LogP contribution in [0.3, 0.4) is 0 Å². The van der Waals surface area contributed by atoms with Gasteiger partial charge in [0.2, 0.25) is 0 Å². The van der Waals surface area contributed by atoms with Crippen molar-refractivity contribution in [3.8, 4) is 0 Å². The second-order valence-electron chi connectivity index (χ2n) is 5.58. The summed E-state index contributed by atoms with van der Waals surface area (Å²) >= 11 is 0. The molecular weight excluding hydrogens is 278 g/mol. The Kier molecular flexibility index (Phi) is 6.70. The van der Waals surface area contributed by atoms with Crippen LogP contribution in [-0.2, 0) is 10.2 Å². The number of piperidine rings is 1. The number of nitrogens with two attached hydrogens (primary N) is 1. The minimum atomic E-state index is -3.43. The van der Waals surface area contributed by atoms with Gasteiger partial charge in [-0.2, -0.15) is 13.1 Å². The number of guanidine groups is 1. The summed E-state index contributed by atoms with van der Waals surface area (Å²) in [5, 5.41) is 0. The Labute approximate surface area is 122 Å². The van der Waals surface area contributed by atoms with Gasteiger partial charge in [-0.25, -0.2) is 4.72 Å². The average Bonchev–Trinajstić information content (AvgIpc) is 2.33. The van der Waals surface area contributed by atoms with Gasteiger partial charge in [0.1, 0.15) is 0 Å². The number of nitrogens with one attached hydrogen (secondary N) is 2. The molecule has 0 amide bonds. The first-order chi connectivity index (χ1) is 9.30. The second kappa shape index (κ2) is 7.80. The Balaban J connectivity index is 2.30. The average molecular weight is 305 g/mol. The molecule has 1 aliphatic rings. The summed E-state index contributed by atoms with van der Waals surface area (Å²) in [6, 6.07) is -0.128. The first-order valence-electron chi connectivity index (χ1n) is 7.12. The predicted molar refractivity (Wildman–Crippen MR) is 81.7 cm³/mol. The molecule has 1 fully saturated rings. The molecular formula is C12H27N5O2S. The Morgan fingerprint density at radius 2 is 2.00 bits per heavy atom. The van der Waals surface area contributed by atoms with Crippen molar-refractivity contribution >= 4 is 16.2 Å².